The van der Waals surface area contributed by atoms with Gasteiger partial charge in [0, 0.05) is 4.88 Å². The molecule has 0 unspecified atom stereocenters. The number of aromatic nitrogens is 2. The van der Waals surface area contributed by atoms with E-state index < -0.39 is 22.3 Å². The van der Waals surface area contributed by atoms with Crippen LogP contribution in [0.15, 0.2) is 23.0 Å². The summed E-state index contributed by atoms with van der Waals surface area (Å²) in [6.45, 7) is 2.17. The standard InChI is InChI=1S/C18H14ClF3N2OS2/c1-8-2-4-10-13(6-8)27-15-14(10)16(25)24(17(26)23-15)9-3-5-12(19)11(7-9)18(20,21)22/h3,5,7-8H,2,4,6H2,1H3,(H,23,26)/t8-/m0/s1. The number of nitrogens with one attached hydrogen (secondary N) is 1. The average Bonchev–Trinajstić information content (AvgIpc) is 2.92. The second-order valence-corrected chi connectivity index (χ2v) is 8.69. The highest BCUT2D eigenvalue weighted by molar-refractivity contribution is 7.71. The van der Waals surface area contributed by atoms with Gasteiger partial charge >= 0.3 is 6.18 Å². The average molecular weight is 431 g/mol. The first-order chi connectivity index (χ1) is 12.7. The Morgan fingerprint density at radius 3 is 2.81 bits per heavy atom. The first kappa shape index (κ1) is 18.7. The van der Waals surface area contributed by atoms with E-state index in [2.05, 4.69) is 11.9 Å². The molecule has 0 aliphatic heterocycles. The topological polar surface area (TPSA) is 37.8 Å². The molecule has 0 radical (unpaired) electrons. The van der Waals surface area contributed by atoms with Gasteiger partial charge in [-0.05, 0) is 61.2 Å². The summed E-state index contributed by atoms with van der Waals surface area (Å²) >= 11 is 12.5. The number of fused-ring (bicyclic) bond motifs is 3. The minimum Gasteiger partial charge on any atom is -0.323 e. The Balaban J connectivity index is 1.99. The molecule has 1 aliphatic rings. The van der Waals surface area contributed by atoms with E-state index in [0.29, 0.717) is 16.1 Å². The molecular weight excluding hydrogens is 417 g/mol. The van der Waals surface area contributed by atoms with Gasteiger partial charge in [0.25, 0.3) is 5.56 Å². The zero-order valence-corrected chi connectivity index (χ0v) is 16.5. The fourth-order valence-corrected chi connectivity index (χ4v) is 5.51. The van der Waals surface area contributed by atoms with Crippen LogP contribution in [-0.2, 0) is 19.0 Å². The van der Waals surface area contributed by atoms with Crippen LogP contribution in [0.4, 0.5) is 13.2 Å². The molecule has 4 rings (SSSR count). The van der Waals surface area contributed by atoms with E-state index in [1.54, 1.807) is 0 Å². The van der Waals surface area contributed by atoms with E-state index in [-0.39, 0.29) is 10.5 Å². The third-order valence-electron chi connectivity index (χ3n) is 4.87. The molecule has 0 bridgehead atoms. The molecule has 27 heavy (non-hydrogen) atoms. The number of hydrogen-bond donors (Lipinski definition) is 1. The van der Waals surface area contributed by atoms with E-state index in [1.165, 1.54) is 17.4 Å². The Kier molecular flexibility index (Phi) is 4.48. The van der Waals surface area contributed by atoms with E-state index in [1.807, 2.05) is 0 Å². The minimum atomic E-state index is -4.62. The molecule has 142 valence electrons. The summed E-state index contributed by atoms with van der Waals surface area (Å²) in [4.78, 5) is 18.0. The van der Waals surface area contributed by atoms with Crippen molar-refractivity contribution in [1.82, 2.24) is 9.55 Å². The summed E-state index contributed by atoms with van der Waals surface area (Å²) in [6.07, 6.45) is -1.96. The second kappa shape index (κ2) is 6.46. The van der Waals surface area contributed by atoms with E-state index >= 15 is 0 Å². The monoisotopic (exact) mass is 430 g/mol. The van der Waals surface area contributed by atoms with E-state index in [9.17, 15) is 18.0 Å². The van der Waals surface area contributed by atoms with Crippen LogP contribution in [0, 0.1) is 10.7 Å². The quantitative estimate of drug-likeness (QED) is 0.487. The van der Waals surface area contributed by atoms with Crippen molar-refractivity contribution in [3.8, 4) is 5.69 Å². The Hall–Kier alpha value is -1.64. The van der Waals surface area contributed by atoms with Crippen LogP contribution in [0.2, 0.25) is 5.02 Å². The van der Waals surface area contributed by atoms with Crippen LogP contribution in [0.25, 0.3) is 15.9 Å². The van der Waals surface area contributed by atoms with E-state index in [0.717, 1.165) is 46.4 Å². The lowest BCUT2D eigenvalue weighted by Crippen LogP contribution is -2.22. The van der Waals surface area contributed by atoms with Crippen molar-refractivity contribution < 1.29 is 13.2 Å². The van der Waals surface area contributed by atoms with Crippen molar-refractivity contribution in [1.29, 1.82) is 0 Å². The molecule has 3 aromatic rings. The van der Waals surface area contributed by atoms with Gasteiger partial charge < -0.3 is 4.98 Å². The van der Waals surface area contributed by atoms with E-state index in [4.69, 9.17) is 23.8 Å². The van der Waals surface area contributed by atoms with Crippen molar-refractivity contribution in [2.45, 2.75) is 32.4 Å². The summed E-state index contributed by atoms with van der Waals surface area (Å²) in [5, 5.41) is 0.108. The largest absolute Gasteiger partial charge is 0.417 e. The molecule has 1 N–H and O–H groups in total. The van der Waals surface area contributed by atoms with Gasteiger partial charge in [0.05, 0.1) is 21.7 Å². The number of H-pyrrole nitrogens is 1. The Bertz CT molecular complexity index is 1180. The number of aryl methyl sites for hydroxylation is 1. The molecule has 2 heterocycles. The molecule has 0 saturated heterocycles. The molecule has 3 nitrogen and oxygen atoms in total. The van der Waals surface area contributed by atoms with Crippen molar-refractivity contribution in [2.75, 3.05) is 0 Å². The summed E-state index contributed by atoms with van der Waals surface area (Å²) in [5.74, 6) is 0.543. The lowest BCUT2D eigenvalue weighted by molar-refractivity contribution is -0.137. The Labute approximate surface area is 166 Å². The normalized spacial score (nSPS) is 17.3. The maximum absolute atomic E-state index is 13.2. The van der Waals surface area contributed by atoms with Gasteiger partial charge in [-0.25, -0.2) is 0 Å². The van der Waals surface area contributed by atoms with Crippen LogP contribution >= 0.6 is 35.2 Å². The van der Waals surface area contributed by atoms with Crippen LogP contribution < -0.4 is 5.56 Å². The van der Waals surface area contributed by atoms with Gasteiger partial charge in [0.15, 0.2) is 4.77 Å². The van der Waals surface area contributed by atoms with Gasteiger partial charge in [-0.2, -0.15) is 13.2 Å². The van der Waals surface area contributed by atoms with Crippen molar-refractivity contribution >= 4 is 45.4 Å². The first-order valence-corrected chi connectivity index (χ1v) is 9.93. The molecule has 1 aromatic carbocycles. The number of hydrogen-bond acceptors (Lipinski definition) is 3. The van der Waals surface area contributed by atoms with Gasteiger partial charge in [0.2, 0.25) is 0 Å². The molecular formula is C18H14ClF3N2OS2. The summed E-state index contributed by atoms with van der Waals surface area (Å²) in [5.41, 5.74) is -0.354. The number of alkyl halides is 3. The number of benzene rings is 1. The van der Waals surface area contributed by atoms with Gasteiger partial charge in [-0.1, -0.05) is 18.5 Å². The molecule has 0 fully saturated rings. The lowest BCUT2D eigenvalue weighted by atomic mass is 9.89. The molecule has 9 heteroatoms. The second-order valence-electron chi connectivity index (χ2n) is 6.79. The third kappa shape index (κ3) is 3.13. The summed E-state index contributed by atoms with van der Waals surface area (Å²) in [7, 11) is 0. The number of thiophene rings is 1. The van der Waals surface area contributed by atoms with Gasteiger partial charge in [-0.3, -0.25) is 9.36 Å². The predicted octanol–water partition coefficient (Wildman–Crippen LogP) is 5.91. The maximum atomic E-state index is 13.2. The van der Waals surface area contributed by atoms with Crippen LogP contribution in [0.5, 0.6) is 0 Å². The zero-order valence-electron chi connectivity index (χ0n) is 14.1. The molecule has 0 spiro atoms. The Morgan fingerprint density at radius 2 is 2.11 bits per heavy atom. The Morgan fingerprint density at radius 1 is 1.37 bits per heavy atom. The predicted molar refractivity (Wildman–Crippen MR) is 104 cm³/mol. The molecule has 2 aromatic heterocycles. The SMILES string of the molecule is C[C@H]1CCc2c(sc3[nH]c(=S)n(-c4ccc(Cl)c(C(F)(F)F)c4)c(=O)c23)C1. The highest BCUT2D eigenvalue weighted by atomic mass is 35.5. The molecule has 0 saturated carbocycles. The lowest BCUT2D eigenvalue weighted by Gasteiger charge is -2.17. The van der Waals surface area contributed by atoms with Crippen LogP contribution in [0.1, 0.15) is 29.3 Å². The first-order valence-electron chi connectivity index (χ1n) is 8.33. The number of halogens is 4. The van der Waals surface area contributed by atoms with Crippen LogP contribution in [-0.4, -0.2) is 9.55 Å². The highest BCUT2D eigenvalue weighted by Crippen LogP contribution is 2.37. The minimum absolute atomic E-state index is 0.0454. The summed E-state index contributed by atoms with van der Waals surface area (Å²) < 4.78 is 40.8. The zero-order chi connectivity index (χ0) is 19.5. The van der Waals surface area contributed by atoms with Gasteiger partial charge in [0.1, 0.15) is 4.83 Å². The van der Waals surface area contributed by atoms with Crippen molar-refractivity contribution in [3.63, 3.8) is 0 Å². The number of aromatic amines is 1. The third-order valence-corrected chi connectivity index (χ3v) is 6.65. The highest BCUT2D eigenvalue weighted by Gasteiger charge is 2.34. The number of rotatable bonds is 1. The molecule has 1 atom stereocenters. The van der Waals surface area contributed by atoms with Gasteiger partial charge in [-0.15, -0.1) is 11.3 Å². The van der Waals surface area contributed by atoms with Crippen LogP contribution in [0.3, 0.4) is 0 Å². The number of nitrogens with zero attached hydrogens (tertiary/aromatic N) is 1. The fourth-order valence-electron chi connectivity index (χ4n) is 3.53. The smallest absolute Gasteiger partial charge is 0.323 e. The maximum Gasteiger partial charge on any atom is 0.417 e. The molecule has 1 aliphatic carbocycles. The van der Waals surface area contributed by atoms with Crippen molar-refractivity contribution in [2.24, 2.45) is 5.92 Å². The van der Waals surface area contributed by atoms with Crippen molar-refractivity contribution in [3.05, 3.63) is 54.4 Å². The molecule has 0 amide bonds. The summed E-state index contributed by atoms with van der Waals surface area (Å²) in [6, 6.07) is 3.37. The fraction of sp³-hybridized carbons (Fsp3) is 0.333.